The Hall–Kier alpha value is -1.10. The van der Waals surface area contributed by atoms with Crippen LogP contribution < -0.4 is 0 Å². The lowest BCUT2D eigenvalue weighted by Gasteiger charge is -2.34. The van der Waals surface area contributed by atoms with Gasteiger partial charge in [0.1, 0.15) is 5.78 Å². The Bertz CT molecular complexity index is 339. The van der Waals surface area contributed by atoms with Crippen LogP contribution in [-0.2, 0) is 14.4 Å². The van der Waals surface area contributed by atoms with Crippen molar-refractivity contribution in [2.24, 2.45) is 0 Å². The summed E-state index contributed by atoms with van der Waals surface area (Å²) < 4.78 is 0. The summed E-state index contributed by atoms with van der Waals surface area (Å²) >= 11 is 5.56. The molecule has 1 aliphatic rings. The van der Waals surface area contributed by atoms with Crippen molar-refractivity contribution < 1.29 is 14.4 Å². The Balaban J connectivity index is 2.30. The van der Waals surface area contributed by atoms with Crippen LogP contribution in [0.4, 0.5) is 0 Å². The molecule has 0 bridgehead atoms. The second-order valence-electron chi connectivity index (χ2n) is 4.76. The average Bonchev–Trinajstić information content (AvgIpc) is 2.42. The van der Waals surface area contributed by atoms with Crippen LogP contribution in [0, 0.1) is 0 Å². The standard InChI is InChI=1S/C13H21ClN2O3/c1-11(17)4-5-13(19)16-9-7-15(8-10-16)12(18)3-2-6-14/h2-10H2,1H3. The maximum Gasteiger partial charge on any atom is 0.223 e. The first-order chi connectivity index (χ1) is 9.04. The highest BCUT2D eigenvalue weighted by molar-refractivity contribution is 6.17. The minimum Gasteiger partial charge on any atom is -0.339 e. The first kappa shape index (κ1) is 16.0. The van der Waals surface area contributed by atoms with Gasteiger partial charge in [0.2, 0.25) is 11.8 Å². The molecule has 19 heavy (non-hydrogen) atoms. The number of piperazine rings is 1. The van der Waals surface area contributed by atoms with Crippen molar-refractivity contribution in [3.05, 3.63) is 0 Å². The molecule has 1 heterocycles. The summed E-state index contributed by atoms with van der Waals surface area (Å²) in [6.45, 7) is 3.76. The topological polar surface area (TPSA) is 57.7 Å². The molecule has 108 valence electrons. The zero-order valence-corrected chi connectivity index (χ0v) is 12.1. The van der Waals surface area contributed by atoms with Gasteiger partial charge in [0.05, 0.1) is 0 Å². The SMILES string of the molecule is CC(=O)CCC(=O)N1CCN(C(=O)CCCCl)CC1. The maximum absolute atomic E-state index is 11.8. The number of halogens is 1. The lowest BCUT2D eigenvalue weighted by atomic mass is 10.2. The highest BCUT2D eigenvalue weighted by Gasteiger charge is 2.23. The van der Waals surface area contributed by atoms with E-state index < -0.39 is 0 Å². The molecule has 1 fully saturated rings. The number of carbonyl (C=O) groups excluding carboxylic acids is 3. The van der Waals surface area contributed by atoms with Gasteiger partial charge in [0.15, 0.2) is 0 Å². The van der Waals surface area contributed by atoms with Crippen LogP contribution >= 0.6 is 11.6 Å². The maximum atomic E-state index is 11.8. The monoisotopic (exact) mass is 288 g/mol. The van der Waals surface area contributed by atoms with Crippen LogP contribution in [0.15, 0.2) is 0 Å². The van der Waals surface area contributed by atoms with E-state index in [1.807, 2.05) is 0 Å². The van der Waals surface area contributed by atoms with E-state index >= 15 is 0 Å². The number of Topliss-reactive ketones (excluding diaryl/α,β-unsaturated/α-hetero) is 1. The summed E-state index contributed by atoms with van der Waals surface area (Å²) in [7, 11) is 0. The molecule has 0 aromatic heterocycles. The molecule has 1 rings (SSSR count). The van der Waals surface area contributed by atoms with E-state index in [-0.39, 0.29) is 24.0 Å². The Morgan fingerprint density at radius 2 is 1.37 bits per heavy atom. The summed E-state index contributed by atoms with van der Waals surface area (Å²) in [5, 5.41) is 0. The molecule has 1 aliphatic heterocycles. The first-order valence-electron chi connectivity index (χ1n) is 6.65. The van der Waals surface area contributed by atoms with Crippen molar-refractivity contribution in [3.8, 4) is 0 Å². The highest BCUT2D eigenvalue weighted by Crippen LogP contribution is 2.08. The molecule has 0 spiro atoms. The van der Waals surface area contributed by atoms with Gasteiger partial charge in [0, 0.05) is 51.3 Å². The van der Waals surface area contributed by atoms with Gasteiger partial charge in [-0.25, -0.2) is 0 Å². The summed E-state index contributed by atoms with van der Waals surface area (Å²) in [6, 6.07) is 0. The lowest BCUT2D eigenvalue weighted by molar-refractivity contribution is -0.140. The molecule has 0 N–H and O–H groups in total. The molecule has 5 nitrogen and oxygen atoms in total. The van der Waals surface area contributed by atoms with E-state index in [2.05, 4.69) is 0 Å². The van der Waals surface area contributed by atoms with Crippen LogP contribution in [-0.4, -0.2) is 59.5 Å². The summed E-state index contributed by atoms with van der Waals surface area (Å²) in [4.78, 5) is 37.9. The smallest absolute Gasteiger partial charge is 0.223 e. The quantitative estimate of drug-likeness (QED) is 0.686. The van der Waals surface area contributed by atoms with E-state index in [1.165, 1.54) is 6.92 Å². The molecule has 0 unspecified atom stereocenters. The van der Waals surface area contributed by atoms with E-state index in [0.717, 1.165) is 0 Å². The molecule has 0 atom stereocenters. The number of carbonyl (C=O) groups is 3. The zero-order valence-electron chi connectivity index (χ0n) is 11.4. The van der Waals surface area contributed by atoms with E-state index in [0.29, 0.717) is 51.3 Å². The number of hydrogen-bond donors (Lipinski definition) is 0. The van der Waals surface area contributed by atoms with Gasteiger partial charge >= 0.3 is 0 Å². The molecular formula is C13H21ClN2O3. The van der Waals surface area contributed by atoms with Gasteiger partial charge < -0.3 is 14.6 Å². The number of hydrogen-bond acceptors (Lipinski definition) is 3. The molecule has 6 heteroatoms. The van der Waals surface area contributed by atoms with Crippen LogP contribution in [0.1, 0.15) is 32.6 Å². The van der Waals surface area contributed by atoms with Crippen molar-refractivity contribution in [2.75, 3.05) is 32.1 Å². The Morgan fingerprint density at radius 1 is 0.895 bits per heavy atom. The normalized spacial score (nSPS) is 15.5. The third kappa shape index (κ3) is 5.59. The van der Waals surface area contributed by atoms with Crippen molar-refractivity contribution in [3.63, 3.8) is 0 Å². The predicted octanol–water partition coefficient (Wildman–Crippen LogP) is 1.05. The Labute approximate surface area is 118 Å². The number of rotatable bonds is 6. The van der Waals surface area contributed by atoms with Crippen molar-refractivity contribution in [2.45, 2.75) is 32.6 Å². The van der Waals surface area contributed by atoms with Crippen LogP contribution in [0.2, 0.25) is 0 Å². The number of nitrogens with zero attached hydrogens (tertiary/aromatic N) is 2. The summed E-state index contributed by atoms with van der Waals surface area (Å²) in [5.74, 6) is 0.637. The molecular weight excluding hydrogens is 268 g/mol. The highest BCUT2D eigenvalue weighted by atomic mass is 35.5. The number of ketones is 1. The van der Waals surface area contributed by atoms with Crippen LogP contribution in [0.5, 0.6) is 0 Å². The van der Waals surface area contributed by atoms with E-state index in [9.17, 15) is 14.4 Å². The van der Waals surface area contributed by atoms with Gasteiger partial charge in [-0.3, -0.25) is 9.59 Å². The zero-order chi connectivity index (χ0) is 14.3. The molecule has 0 aliphatic carbocycles. The Kier molecular flexibility index (Phi) is 6.84. The fourth-order valence-corrected chi connectivity index (χ4v) is 2.16. The second kappa shape index (κ2) is 8.15. The number of alkyl halides is 1. The minimum absolute atomic E-state index is 0.00283. The van der Waals surface area contributed by atoms with Crippen LogP contribution in [0.25, 0.3) is 0 Å². The third-order valence-electron chi connectivity index (χ3n) is 3.20. The predicted molar refractivity (Wildman–Crippen MR) is 73.0 cm³/mol. The van der Waals surface area contributed by atoms with Gasteiger partial charge in [-0.2, -0.15) is 0 Å². The van der Waals surface area contributed by atoms with Gasteiger partial charge in [-0.05, 0) is 13.3 Å². The van der Waals surface area contributed by atoms with Crippen molar-refractivity contribution in [1.29, 1.82) is 0 Å². The van der Waals surface area contributed by atoms with Gasteiger partial charge in [0.25, 0.3) is 0 Å². The molecule has 0 aromatic rings. The summed E-state index contributed by atoms with van der Waals surface area (Å²) in [5.41, 5.74) is 0. The molecule has 0 saturated carbocycles. The van der Waals surface area contributed by atoms with Crippen LogP contribution in [0.3, 0.4) is 0 Å². The number of amides is 2. The fraction of sp³-hybridized carbons (Fsp3) is 0.769. The molecule has 2 amide bonds. The Morgan fingerprint density at radius 3 is 1.79 bits per heavy atom. The minimum atomic E-state index is 0.00283. The molecule has 0 aromatic carbocycles. The van der Waals surface area contributed by atoms with E-state index in [4.69, 9.17) is 11.6 Å². The van der Waals surface area contributed by atoms with E-state index in [1.54, 1.807) is 9.80 Å². The molecule has 0 radical (unpaired) electrons. The second-order valence-corrected chi connectivity index (χ2v) is 5.13. The third-order valence-corrected chi connectivity index (χ3v) is 3.47. The lowest BCUT2D eigenvalue weighted by Crippen LogP contribution is -2.50. The van der Waals surface area contributed by atoms with Crippen molar-refractivity contribution >= 4 is 29.2 Å². The van der Waals surface area contributed by atoms with Gasteiger partial charge in [-0.15, -0.1) is 11.6 Å². The molecule has 1 saturated heterocycles. The largest absolute Gasteiger partial charge is 0.339 e. The summed E-state index contributed by atoms with van der Waals surface area (Å²) in [6.07, 6.45) is 1.74. The van der Waals surface area contributed by atoms with Crippen molar-refractivity contribution in [1.82, 2.24) is 9.80 Å². The fourth-order valence-electron chi connectivity index (χ4n) is 2.02. The first-order valence-corrected chi connectivity index (χ1v) is 7.19. The van der Waals surface area contributed by atoms with Gasteiger partial charge in [-0.1, -0.05) is 0 Å². The average molecular weight is 289 g/mol.